The molecule has 0 aliphatic rings. The smallest absolute Gasteiger partial charge is 0.229 e. The summed E-state index contributed by atoms with van der Waals surface area (Å²) in [5.74, 6) is 0. The van der Waals surface area contributed by atoms with Crippen molar-refractivity contribution in [2.24, 2.45) is 30.7 Å². The summed E-state index contributed by atoms with van der Waals surface area (Å²) >= 11 is 1.44. The summed E-state index contributed by atoms with van der Waals surface area (Å²) in [6.07, 6.45) is 2.76. The van der Waals surface area contributed by atoms with Crippen molar-refractivity contribution in [3.05, 3.63) is 108 Å². The number of fused-ring (bicyclic) bond motifs is 2. The highest BCUT2D eigenvalue weighted by Crippen LogP contribution is 2.38. The predicted molar refractivity (Wildman–Crippen MR) is 177 cm³/mol. The summed E-state index contributed by atoms with van der Waals surface area (Å²) in [6.45, 7) is 6.35. The maximum atomic E-state index is 4.69. The van der Waals surface area contributed by atoms with Crippen LogP contribution in [0.25, 0.3) is 21.5 Å². The Kier molecular flexibility index (Phi) is 8.33. The maximum absolute atomic E-state index is 4.69. The minimum Gasteiger partial charge on any atom is -0.382 e. The molecule has 43 heavy (non-hydrogen) atoms. The molecule has 0 aliphatic heterocycles. The summed E-state index contributed by atoms with van der Waals surface area (Å²) in [7, 11) is 0. The van der Waals surface area contributed by atoms with Gasteiger partial charge >= 0.3 is 0 Å². The second-order valence-corrected chi connectivity index (χ2v) is 11.0. The lowest BCUT2D eigenvalue weighted by Gasteiger charge is -2.15. The molecular weight excluding hydrogens is 552 g/mol. The van der Waals surface area contributed by atoms with E-state index in [1.165, 1.54) is 11.3 Å². The van der Waals surface area contributed by atoms with Crippen LogP contribution >= 0.6 is 11.3 Å². The molecule has 1 atom stereocenters. The summed E-state index contributed by atoms with van der Waals surface area (Å²) in [4.78, 5) is 4.13. The van der Waals surface area contributed by atoms with E-state index in [0.717, 1.165) is 67.7 Å². The fraction of sp³-hybridized carbons (Fsp3) is 0.147. The van der Waals surface area contributed by atoms with Gasteiger partial charge in [-0.15, -0.1) is 36.9 Å². The van der Waals surface area contributed by atoms with Crippen LogP contribution in [0, 0.1) is 6.92 Å². The number of hydrogen-bond acceptors (Lipinski definition) is 9. The number of hydrogen-bond donors (Lipinski definition) is 1. The van der Waals surface area contributed by atoms with Gasteiger partial charge in [-0.2, -0.15) is 5.11 Å². The molecule has 6 aromatic rings. The number of anilines is 1. The van der Waals surface area contributed by atoms with E-state index in [-0.39, 0.29) is 0 Å². The Labute approximate surface area is 254 Å². The number of aryl methyl sites for hydroxylation is 1. The standard InChI is InChI=1S/C34H30N8S/c1-4-23(3)36-30-15-16-31(26-10-6-5-9-25(26)30)40-41-33-18-17-32(27-11-7-8-12-28(27)33)39-38-29-14-13-24(21-22(29)2)37-42-34-35-19-20-43-34/h5-21,23,36H,4H2,1-3H3/b39-38+,41-40+,42-37+. The number of azo groups is 3. The van der Waals surface area contributed by atoms with Gasteiger partial charge in [-0.1, -0.05) is 55.5 Å². The van der Waals surface area contributed by atoms with Crippen molar-refractivity contribution in [1.29, 1.82) is 0 Å². The van der Waals surface area contributed by atoms with Crippen molar-refractivity contribution in [2.75, 3.05) is 5.32 Å². The summed E-state index contributed by atoms with van der Waals surface area (Å²) < 4.78 is 0. The molecule has 1 N–H and O–H groups in total. The lowest BCUT2D eigenvalue weighted by molar-refractivity contribution is 0.765. The molecule has 1 aromatic heterocycles. The first kappa shape index (κ1) is 28.0. The highest BCUT2D eigenvalue weighted by molar-refractivity contribution is 7.13. The van der Waals surface area contributed by atoms with E-state index in [1.807, 2.05) is 79.0 Å². The van der Waals surface area contributed by atoms with Gasteiger partial charge in [-0.05, 0) is 68.3 Å². The van der Waals surface area contributed by atoms with Crippen LogP contribution in [-0.4, -0.2) is 11.0 Å². The molecule has 0 amide bonds. The van der Waals surface area contributed by atoms with Crippen LogP contribution in [0.1, 0.15) is 25.8 Å². The lowest BCUT2D eigenvalue weighted by Crippen LogP contribution is -2.13. The van der Waals surface area contributed by atoms with Crippen LogP contribution in [0.2, 0.25) is 0 Å². The monoisotopic (exact) mass is 582 g/mol. The van der Waals surface area contributed by atoms with Gasteiger partial charge in [0.1, 0.15) is 0 Å². The molecule has 0 aliphatic carbocycles. The van der Waals surface area contributed by atoms with Gasteiger partial charge < -0.3 is 5.32 Å². The first-order valence-electron chi connectivity index (χ1n) is 14.1. The molecule has 6 rings (SSSR count). The molecule has 0 spiro atoms. The average Bonchev–Trinajstić information content (AvgIpc) is 3.57. The molecule has 0 saturated carbocycles. The Hall–Kier alpha value is -5.15. The average molecular weight is 583 g/mol. The Morgan fingerprint density at radius 3 is 1.81 bits per heavy atom. The van der Waals surface area contributed by atoms with Gasteiger partial charge in [0, 0.05) is 44.9 Å². The molecular formula is C34H30N8S. The van der Waals surface area contributed by atoms with E-state index in [9.17, 15) is 0 Å². The Morgan fingerprint density at radius 2 is 1.23 bits per heavy atom. The zero-order valence-corrected chi connectivity index (χ0v) is 25.0. The molecule has 0 fully saturated rings. The van der Waals surface area contributed by atoms with Crippen molar-refractivity contribution in [1.82, 2.24) is 4.98 Å². The fourth-order valence-corrected chi connectivity index (χ4v) is 5.15. The van der Waals surface area contributed by atoms with E-state index >= 15 is 0 Å². The summed E-state index contributed by atoms with van der Waals surface area (Å²) in [5.41, 5.74) is 5.91. The molecule has 1 heterocycles. The van der Waals surface area contributed by atoms with Crippen molar-refractivity contribution in [3.63, 3.8) is 0 Å². The third-order valence-corrected chi connectivity index (χ3v) is 7.83. The van der Waals surface area contributed by atoms with Gasteiger partial charge in [-0.25, -0.2) is 4.98 Å². The molecule has 5 aromatic carbocycles. The normalized spacial score (nSPS) is 12.7. The second kappa shape index (κ2) is 12.8. The zero-order chi connectivity index (χ0) is 29.6. The van der Waals surface area contributed by atoms with E-state index < -0.39 is 0 Å². The number of benzene rings is 5. The van der Waals surface area contributed by atoms with Gasteiger partial charge in [-0.3, -0.25) is 0 Å². The Morgan fingerprint density at radius 1 is 0.674 bits per heavy atom. The highest BCUT2D eigenvalue weighted by Gasteiger charge is 2.09. The number of aromatic nitrogens is 1. The Balaban J connectivity index is 1.27. The summed E-state index contributed by atoms with van der Waals surface area (Å²) in [5, 5.41) is 37.2. The van der Waals surface area contributed by atoms with Crippen molar-refractivity contribution in [2.45, 2.75) is 33.2 Å². The minimum absolute atomic E-state index is 0.381. The van der Waals surface area contributed by atoms with Crippen molar-refractivity contribution in [3.8, 4) is 0 Å². The first-order valence-corrected chi connectivity index (χ1v) is 15.0. The van der Waals surface area contributed by atoms with E-state index in [0.29, 0.717) is 11.2 Å². The molecule has 0 radical (unpaired) electrons. The maximum Gasteiger partial charge on any atom is 0.229 e. The van der Waals surface area contributed by atoms with Gasteiger partial charge in [0.15, 0.2) is 0 Å². The number of rotatable bonds is 9. The zero-order valence-electron chi connectivity index (χ0n) is 24.1. The van der Waals surface area contributed by atoms with E-state index in [2.05, 4.69) is 74.0 Å². The van der Waals surface area contributed by atoms with E-state index in [4.69, 9.17) is 5.11 Å². The molecule has 0 bridgehead atoms. The molecule has 8 nitrogen and oxygen atoms in total. The lowest BCUT2D eigenvalue weighted by atomic mass is 10.1. The van der Waals surface area contributed by atoms with Crippen molar-refractivity contribution >= 4 is 72.1 Å². The number of thiazole rings is 1. The molecule has 0 saturated heterocycles. The second-order valence-electron chi connectivity index (χ2n) is 10.2. The van der Waals surface area contributed by atoms with Crippen LogP contribution in [0.3, 0.4) is 0 Å². The first-order chi connectivity index (χ1) is 21.1. The van der Waals surface area contributed by atoms with Gasteiger partial charge in [0.2, 0.25) is 5.13 Å². The third-order valence-electron chi connectivity index (χ3n) is 7.17. The molecule has 1 unspecified atom stereocenters. The quantitative estimate of drug-likeness (QED) is 0.171. The van der Waals surface area contributed by atoms with Crippen LogP contribution in [0.5, 0.6) is 0 Å². The minimum atomic E-state index is 0.381. The SMILES string of the molecule is CCC(C)Nc1ccc(/N=N/c2ccc(/N=N/c3ccc(/N=N/c4nccs4)cc3C)c3ccccc23)c2ccccc12. The van der Waals surface area contributed by atoms with Crippen LogP contribution < -0.4 is 5.32 Å². The predicted octanol–water partition coefficient (Wildman–Crippen LogP) is 12.2. The van der Waals surface area contributed by atoms with Gasteiger partial charge in [0.25, 0.3) is 0 Å². The van der Waals surface area contributed by atoms with Crippen LogP contribution in [0.15, 0.2) is 133 Å². The van der Waals surface area contributed by atoms with Crippen LogP contribution in [-0.2, 0) is 0 Å². The topological polar surface area (TPSA) is 99.1 Å². The molecule has 212 valence electrons. The van der Waals surface area contributed by atoms with Gasteiger partial charge in [0.05, 0.1) is 28.4 Å². The van der Waals surface area contributed by atoms with Crippen molar-refractivity contribution < 1.29 is 0 Å². The summed E-state index contributed by atoms with van der Waals surface area (Å²) in [6, 6.07) is 30.4. The molecule has 9 heteroatoms. The highest BCUT2D eigenvalue weighted by atomic mass is 32.1. The largest absolute Gasteiger partial charge is 0.382 e. The third kappa shape index (κ3) is 6.37. The van der Waals surface area contributed by atoms with Crippen LogP contribution in [0.4, 0.5) is 39.3 Å². The number of nitrogens with one attached hydrogen (secondary N) is 1. The van der Waals surface area contributed by atoms with E-state index in [1.54, 1.807) is 6.20 Å². The fourth-order valence-electron chi connectivity index (χ4n) is 4.70. The number of nitrogens with zero attached hydrogens (tertiary/aromatic N) is 7. The Bertz CT molecular complexity index is 1980.